The lowest BCUT2D eigenvalue weighted by Crippen LogP contribution is -1.95. The second-order valence-corrected chi connectivity index (χ2v) is 13.9. The third-order valence-corrected chi connectivity index (χ3v) is 10.3. The molecular weight excluding hydrogens is 681 g/mol. The molecule has 4 nitrogen and oxygen atoms in total. The van der Waals surface area contributed by atoms with Crippen LogP contribution in [0.5, 0.6) is 0 Å². The molecule has 10 rings (SSSR count). The van der Waals surface area contributed by atoms with E-state index in [1.165, 1.54) is 11.1 Å². The highest BCUT2D eigenvalue weighted by molar-refractivity contribution is 5.95. The van der Waals surface area contributed by atoms with Gasteiger partial charge in [-0.2, -0.15) is 0 Å². The Labute approximate surface area is 325 Å². The van der Waals surface area contributed by atoms with E-state index in [0.717, 1.165) is 77.7 Å². The first kappa shape index (κ1) is 33.0. The predicted octanol–water partition coefficient (Wildman–Crippen LogP) is 13.2. The summed E-state index contributed by atoms with van der Waals surface area (Å²) < 4.78 is 0. The van der Waals surface area contributed by atoms with Crippen molar-refractivity contribution in [2.24, 2.45) is 0 Å². The van der Waals surface area contributed by atoms with E-state index in [-0.39, 0.29) is 0 Å². The molecule has 2 aromatic heterocycles. The van der Waals surface area contributed by atoms with E-state index in [0.29, 0.717) is 11.6 Å². The quantitative estimate of drug-likeness (QED) is 0.165. The molecule has 2 heterocycles. The van der Waals surface area contributed by atoms with Gasteiger partial charge in [-0.1, -0.05) is 176 Å². The average Bonchev–Trinajstić information content (AvgIpc) is 3.29. The molecule has 0 bridgehead atoms. The smallest absolute Gasteiger partial charge is 0.160 e. The van der Waals surface area contributed by atoms with Crippen LogP contribution in [0.4, 0.5) is 0 Å². The molecule has 0 fully saturated rings. The molecule has 56 heavy (non-hydrogen) atoms. The lowest BCUT2D eigenvalue weighted by Gasteiger charge is -2.12. The van der Waals surface area contributed by atoms with E-state index in [2.05, 4.69) is 158 Å². The normalized spacial score (nSPS) is 11.2. The van der Waals surface area contributed by atoms with Gasteiger partial charge in [0.05, 0.1) is 22.4 Å². The lowest BCUT2D eigenvalue weighted by molar-refractivity contribution is 1.23. The molecule has 0 saturated heterocycles. The Morgan fingerprint density at radius 3 is 1.02 bits per heavy atom. The topological polar surface area (TPSA) is 51.6 Å². The number of fused-ring (bicyclic) bond motifs is 2. The molecule has 0 N–H and O–H groups in total. The maximum Gasteiger partial charge on any atom is 0.160 e. The van der Waals surface area contributed by atoms with E-state index in [9.17, 15) is 0 Å². The van der Waals surface area contributed by atoms with Crippen molar-refractivity contribution < 1.29 is 0 Å². The minimum absolute atomic E-state index is 0.696. The summed E-state index contributed by atoms with van der Waals surface area (Å²) in [6.07, 6.45) is 0. The fourth-order valence-electron chi connectivity index (χ4n) is 7.45. The van der Waals surface area contributed by atoms with Crippen LogP contribution in [-0.4, -0.2) is 19.9 Å². The number of aromatic nitrogens is 4. The SMILES string of the molecule is c1ccc(-c2ccc(-c3nc(-c4cccc(-c5cccc(-c6cccc(-c7nc(-c8ccccc8)c8ccccc8n7)c6)c5)c4)nc4ccccc34)cc2)cc1. The summed E-state index contributed by atoms with van der Waals surface area (Å²) in [7, 11) is 0. The Bertz CT molecular complexity index is 3010. The molecular formula is C52H34N4. The second-order valence-electron chi connectivity index (χ2n) is 13.9. The summed E-state index contributed by atoms with van der Waals surface area (Å²) in [4.78, 5) is 20.4. The Hall–Kier alpha value is -7.56. The standard InChI is InChI=1S/C52H34N4/c1-3-14-35(15-4-1)36-28-30-38(31-29-36)50-46-25-8-10-27-48(46)54-52(56-50)44-23-13-21-42(34-44)40-19-11-18-39(32-40)41-20-12-22-43(33-41)51-53-47-26-9-7-24-45(47)49(55-51)37-16-5-2-6-17-37/h1-34H. The zero-order valence-electron chi connectivity index (χ0n) is 30.4. The number of para-hydroxylation sites is 2. The fourth-order valence-corrected chi connectivity index (χ4v) is 7.45. The number of hydrogen-bond acceptors (Lipinski definition) is 4. The Morgan fingerprint density at radius 2 is 0.536 bits per heavy atom. The van der Waals surface area contributed by atoms with E-state index >= 15 is 0 Å². The van der Waals surface area contributed by atoms with Gasteiger partial charge in [0.15, 0.2) is 11.6 Å². The lowest BCUT2D eigenvalue weighted by atomic mass is 9.96. The third-order valence-electron chi connectivity index (χ3n) is 10.3. The second kappa shape index (κ2) is 14.3. The predicted molar refractivity (Wildman–Crippen MR) is 231 cm³/mol. The van der Waals surface area contributed by atoms with Crippen LogP contribution in [0.25, 0.3) is 100 Å². The monoisotopic (exact) mass is 714 g/mol. The maximum atomic E-state index is 5.20. The molecule has 10 aromatic rings. The first-order valence-corrected chi connectivity index (χ1v) is 18.8. The Kier molecular flexibility index (Phi) is 8.47. The first-order chi connectivity index (χ1) is 27.7. The van der Waals surface area contributed by atoms with Crippen molar-refractivity contribution >= 4 is 21.8 Å². The average molecular weight is 715 g/mol. The van der Waals surface area contributed by atoms with Crippen LogP contribution in [-0.2, 0) is 0 Å². The molecule has 0 saturated carbocycles. The highest BCUT2D eigenvalue weighted by Gasteiger charge is 2.15. The number of rotatable bonds is 7. The molecule has 0 spiro atoms. The third kappa shape index (κ3) is 6.40. The van der Waals surface area contributed by atoms with E-state index < -0.39 is 0 Å². The van der Waals surface area contributed by atoms with Gasteiger partial charge >= 0.3 is 0 Å². The fraction of sp³-hybridized carbons (Fsp3) is 0. The van der Waals surface area contributed by atoms with Gasteiger partial charge in [-0.05, 0) is 63.7 Å². The minimum Gasteiger partial charge on any atom is -0.228 e. The van der Waals surface area contributed by atoms with Gasteiger partial charge in [-0.15, -0.1) is 0 Å². The molecule has 0 unspecified atom stereocenters. The summed E-state index contributed by atoms with van der Waals surface area (Å²) in [6.45, 7) is 0. The summed E-state index contributed by atoms with van der Waals surface area (Å²) in [5.41, 5.74) is 14.5. The highest BCUT2D eigenvalue weighted by Crippen LogP contribution is 2.35. The van der Waals surface area contributed by atoms with Crippen molar-refractivity contribution in [2.45, 2.75) is 0 Å². The molecule has 0 atom stereocenters. The van der Waals surface area contributed by atoms with Gasteiger partial charge in [-0.3, -0.25) is 0 Å². The largest absolute Gasteiger partial charge is 0.228 e. The van der Waals surface area contributed by atoms with E-state index in [1.807, 2.05) is 48.5 Å². The van der Waals surface area contributed by atoms with Crippen molar-refractivity contribution in [1.82, 2.24) is 19.9 Å². The summed E-state index contributed by atoms with van der Waals surface area (Å²) in [5.74, 6) is 1.40. The molecule has 0 aliphatic rings. The van der Waals surface area contributed by atoms with Crippen LogP contribution in [0.15, 0.2) is 206 Å². The molecule has 0 aliphatic carbocycles. The number of benzene rings is 8. The molecule has 0 amide bonds. The van der Waals surface area contributed by atoms with Crippen molar-refractivity contribution in [1.29, 1.82) is 0 Å². The molecule has 262 valence electrons. The van der Waals surface area contributed by atoms with Gasteiger partial charge in [0, 0.05) is 33.0 Å². The summed E-state index contributed by atoms with van der Waals surface area (Å²) in [6, 6.07) is 71.6. The van der Waals surface area contributed by atoms with Gasteiger partial charge in [0.2, 0.25) is 0 Å². The van der Waals surface area contributed by atoms with Crippen LogP contribution in [0, 0.1) is 0 Å². The van der Waals surface area contributed by atoms with Crippen molar-refractivity contribution in [3.05, 3.63) is 206 Å². The zero-order chi connectivity index (χ0) is 37.3. The van der Waals surface area contributed by atoms with Gasteiger partial charge < -0.3 is 0 Å². The van der Waals surface area contributed by atoms with Crippen LogP contribution < -0.4 is 0 Å². The van der Waals surface area contributed by atoms with Crippen LogP contribution in [0.2, 0.25) is 0 Å². The van der Waals surface area contributed by atoms with E-state index in [1.54, 1.807) is 0 Å². The molecule has 4 heteroatoms. The maximum absolute atomic E-state index is 5.20. The van der Waals surface area contributed by atoms with Crippen molar-refractivity contribution in [2.75, 3.05) is 0 Å². The first-order valence-electron chi connectivity index (χ1n) is 18.8. The summed E-state index contributed by atoms with van der Waals surface area (Å²) >= 11 is 0. The van der Waals surface area contributed by atoms with Crippen LogP contribution in [0.3, 0.4) is 0 Å². The molecule has 0 aliphatic heterocycles. The number of hydrogen-bond donors (Lipinski definition) is 0. The van der Waals surface area contributed by atoms with Gasteiger partial charge in [-0.25, -0.2) is 19.9 Å². The number of nitrogens with zero attached hydrogens (tertiary/aromatic N) is 4. The highest BCUT2D eigenvalue weighted by atomic mass is 14.9. The summed E-state index contributed by atoms with van der Waals surface area (Å²) in [5, 5.41) is 2.07. The minimum atomic E-state index is 0.696. The van der Waals surface area contributed by atoms with Crippen LogP contribution >= 0.6 is 0 Å². The van der Waals surface area contributed by atoms with Gasteiger partial charge in [0.1, 0.15) is 0 Å². The van der Waals surface area contributed by atoms with Gasteiger partial charge in [0.25, 0.3) is 0 Å². The van der Waals surface area contributed by atoms with Crippen molar-refractivity contribution in [3.8, 4) is 78.7 Å². The molecule has 0 radical (unpaired) electrons. The Balaban J connectivity index is 0.994. The van der Waals surface area contributed by atoms with E-state index in [4.69, 9.17) is 19.9 Å². The van der Waals surface area contributed by atoms with Crippen LogP contribution in [0.1, 0.15) is 0 Å². The molecule has 8 aromatic carbocycles. The Morgan fingerprint density at radius 1 is 0.214 bits per heavy atom. The zero-order valence-corrected chi connectivity index (χ0v) is 30.4. The van der Waals surface area contributed by atoms with Crippen molar-refractivity contribution in [3.63, 3.8) is 0 Å².